The van der Waals surface area contributed by atoms with Gasteiger partial charge in [0.25, 0.3) is 5.69 Å². The van der Waals surface area contributed by atoms with Crippen molar-refractivity contribution < 1.29 is 4.92 Å². The van der Waals surface area contributed by atoms with E-state index < -0.39 is 0 Å². The molecule has 0 fully saturated rings. The number of thioether (sulfide) groups is 1. The van der Waals surface area contributed by atoms with E-state index in [4.69, 9.17) is 0 Å². The van der Waals surface area contributed by atoms with Gasteiger partial charge < -0.3 is 5.32 Å². The summed E-state index contributed by atoms with van der Waals surface area (Å²) in [5.74, 6) is 0.789. The van der Waals surface area contributed by atoms with Gasteiger partial charge in [0.05, 0.1) is 4.92 Å². The molecule has 2 aromatic carbocycles. The molecule has 1 N–H and O–H groups in total. The topological polar surface area (TPSA) is 55.2 Å². The first-order valence-electron chi connectivity index (χ1n) is 6.66. The van der Waals surface area contributed by atoms with Crippen LogP contribution in [0.4, 0.5) is 11.4 Å². The van der Waals surface area contributed by atoms with Crippen LogP contribution in [0.3, 0.4) is 0 Å². The standard InChI is InChI=1S/C16H18N2O2S/c1-11-4-5-12(2)16(8-11)21-10-13-6-7-15(18(19)20)14(9-13)17-3/h4-9,17H,10H2,1-3H3. The lowest BCUT2D eigenvalue weighted by Crippen LogP contribution is -1.97. The first-order chi connectivity index (χ1) is 10.0. The number of aryl methyl sites for hydroxylation is 2. The Labute approximate surface area is 128 Å². The third-order valence-electron chi connectivity index (χ3n) is 3.26. The molecule has 0 unspecified atom stereocenters. The molecule has 21 heavy (non-hydrogen) atoms. The Morgan fingerprint density at radius 3 is 2.62 bits per heavy atom. The Kier molecular flexibility index (Phi) is 4.85. The fourth-order valence-corrected chi connectivity index (χ4v) is 3.12. The number of hydrogen-bond acceptors (Lipinski definition) is 4. The number of nitro benzene ring substituents is 1. The van der Waals surface area contributed by atoms with Crippen molar-refractivity contribution in [1.82, 2.24) is 0 Å². The monoisotopic (exact) mass is 302 g/mol. The highest BCUT2D eigenvalue weighted by Gasteiger charge is 2.13. The summed E-state index contributed by atoms with van der Waals surface area (Å²) in [6, 6.07) is 11.6. The van der Waals surface area contributed by atoms with E-state index in [1.165, 1.54) is 16.0 Å². The molecule has 0 saturated heterocycles. The minimum Gasteiger partial charge on any atom is -0.383 e. The lowest BCUT2D eigenvalue weighted by molar-refractivity contribution is -0.383. The molecule has 4 nitrogen and oxygen atoms in total. The Balaban J connectivity index is 2.17. The van der Waals surface area contributed by atoms with Crippen LogP contribution >= 0.6 is 11.8 Å². The van der Waals surface area contributed by atoms with Crippen LogP contribution in [0.25, 0.3) is 0 Å². The summed E-state index contributed by atoms with van der Waals surface area (Å²) in [5.41, 5.74) is 4.22. The highest BCUT2D eigenvalue weighted by Crippen LogP contribution is 2.30. The van der Waals surface area contributed by atoms with Gasteiger partial charge in [-0.25, -0.2) is 0 Å². The first-order valence-corrected chi connectivity index (χ1v) is 7.65. The SMILES string of the molecule is CNc1cc(CSc2cc(C)ccc2C)ccc1[N+](=O)[O-]. The summed E-state index contributed by atoms with van der Waals surface area (Å²) in [6.45, 7) is 4.17. The molecule has 0 radical (unpaired) electrons. The van der Waals surface area contributed by atoms with Gasteiger partial charge in [-0.15, -0.1) is 11.8 Å². The highest BCUT2D eigenvalue weighted by atomic mass is 32.2. The summed E-state index contributed by atoms with van der Waals surface area (Å²) in [4.78, 5) is 11.8. The van der Waals surface area contributed by atoms with E-state index >= 15 is 0 Å². The van der Waals surface area contributed by atoms with Gasteiger partial charge in [-0.2, -0.15) is 0 Å². The van der Waals surface area contributed by atoms with Crippen LogP contribution in [0.5, 0.6) is 0 Å². The van der Waals surface area contributed by atoms with E-state index in [1.54, 1.807) is 24.9 Å². The number of benzene rings is 2. The van der Waals surface area contributed by atoms with Crippen LogP contribution in [0.15, 0.2) is 41.3 Å². The van der Waals surface area contributed by atoms with Gasteiger partial charge in [0.1, 0.15) is 5.69 Å². The molecule has 5 heteroatoms. The zero-order valence-electron chi connectivity index (χ0n) is 12.3. The van der Waals surface area contributed by atoms with Crippen LogP contribution < -0.4 is 5.32 Å². The molecule has 2 aromatic rings. The molecule has 0 aliphatic carbocycles. The van der Waals surface area contributed by atoms with Crippen molar-refractivity contribution in [2.24, 2.45) is 0 Å². The second-order valence-electron chi connectivity index (χ2n) is 4.92. The lowest BCUT2D eigenvalue weighted by atomic mass is 10.2. The predicted octanol–water partition coefficient (Wildman–Crippen LogP) is 4.55. The van der Waals surface area contributed by atoms with Gasteiger partial charge in [-0.1, -0.05) is 23.8 Å². The zero-order valence-corrected chi connectivity index (χ0v) is 13.2. The molecular formula is C16H18N2O2S. The first kappa shape index (κ1) is 15.4. The summed E-state index contributed by atoms with van der Waals surface area (Å²) < 4.78 is 0. The molecule has 0 bridgehead atoms. The molecule has 0 aliphatic heterocycles. The van der Waals surface area contributed by atoms with E-state index in [2.05, 4.69) is 37.4 Å². The molecular weight excluding hydrogens is 284 g/mol. The number of hydrogen-bond donors (Lipinski definition) is 1. The van der Waals surface area contributed by atoms with E-state index in [9.17, 15) is 10.1 Å². The Morgan fingerprint density at radius 1 is 1.19 bits per heavy atom. The van der Waals surface area contributed by atoms with Gasteiger partial charge in [-0.05, 0) is 37.1 Å². The normalized spacial score (nSPS) is 10.4. The lowest BCUT2D eigenvalue weighted by Gasteiger charge is -2.08. The van der Waals surface area contributed by atoms with Crippen molar-refractivity contribution in [2.45, 2.75) is 24.5 Å². The van der Waals surface area contributed by atoms with Crippen molar-refractivity contribution in [3.05, 3.63) is 63.2 Å². The second kappa shape index (κ2) is 6.63. The molecule has 2 rings (SSSR count). The molecule has 0 aliphatic rings. The fourth-order valence-electron chi connectivity index (χ4n) is 2.06. The molecule has 0 heterocycles. The summed E-state index contributed by atoms with van der Waals surface area (Å²) in [7, 11) is 1.70. The van der Waals surface area contributed by atoms with E-state index in [-0.39, 0.29) is 10.6 Å². The number of anilines is 1. The van der Waals surface area contributed by atoms with Crippen LogP contribution in [-0.4, -0.2) is 12.0 Å². The van der Waals surface area contributed by atoms with Gasteiger partial charge in [0, 0.05) is 23.8 Å². The van der Waals surface area contributed by atoms with Crippen molar-refractivity contribution in [3.63, 3.8) is 0 Å². The predicted molar refractivity (Wildman–Crippen MR) is 88.1 cm³/mol. The molecule has 0 saturated carbocycles. The quantitative estimate of drug-likeness (QED) is 0.500. The Hall–Kier alpha value is -2.01. The average Bonchev–Trinajstić information content (AvgIpc) is 2.47. The molecule has 110 valence electrons. The number of nitro groups is 1. The number of nitrogens with one attached hydrogen (secondary N) is 1. The van der Waals surface area contributed by atoms with Crippen LogP contribution in [-0.2, 0) is 5.75 Å². The van der Waals surface area contributed by atoms with Gasteiger partial charge >= 0.3 is 0 Å². The third kappa shape index (κ3) is 3.76. The maximum absolute atomic E-state index is 10.9. The number of nitrogens with zero attached hydrogens (tertiary/aromatic N) is 1. The molecule has 0 atom stereocenters. The fraction of sp³-hybridized carbons (Fsp3) is 0.250. The Morgan fingerprint density at radius 2 is 1.95 bits per heavy atom. The van der Waals surface area contributed by atoms with Crippen LogP contribution in [0.1, 0.15) is 16.7 Å². The zero-order chi connectivity index (χ0) is 15.4. The molecule has 0 aromatic heterocycles. The minimum absolute atomic E-state index is 0.109. The van der Waals surface area contributed by atoms with Gasteiger partial charge in [-0.3, -0.25) is 10.1 Å². The van der Waals surface area contributed by atoms with Crippen LogP contribution in [0.2, 0.25) is 0 Å². The van der Waals surface area contributed by atoms with Gasteiger partial charge in [0.15, 0.2) is 0 Å². The van der Waals surface area contributed by atoms with Crippen molar-refractivity contribution in [1.29, 1.82) is 0 Å². The summed E-state index contributed by atoms with van der Waals surface area (Å²) in [6.07, 6.45) is 0. The highest BCUT2D eigenvalue weighted by molar-refractivity contribution is 7.98. The molecule has 0 spiro atoms. The van der Waals surface area contributed by atoms with E-state index in [1.807, 2.05) is 12.1 Å². The maximum atomic E-state index is 10.9. The van der Waals surface area contributed by atoms with Gasteiger partial charge in [0.2, 0.25) is 0 Å². The van der Waals surface area contributed by atoms with E-state index in [0.717, 1.165) is 11.3 Å². The van der Waals surface area contributed by atoms with E-state index in [0.29, 0.717) is 5.69 Å². The molecule has 0 amide bonds. The second-order valence-corrected chi connectivity index (χ2v) is 5.93. The van der Waals surface area contributed by atoms with Crippen molar-refractivity contribution in [2.75, 3.05) is 12.4 Å². The largest absolute Gasteiger partial charge is 0.383 e. The summed E-state index contributed by atoms with van der Waals surface area (Å²) >= 11 is 1.75. The average molecular weight is 302 g/mol. The van der Waals surface area contributed by atoms with Crippen molar-refractivity contribution in [3.8, 4) is 0 Å². The summed E-state index contributed by atoms with van der Waals surface area (Å²) in [5, 5.41) is 13.8. The Bertz CT molecular complexity index is 671. The minimum atomic E-state index is -0.368. The van der Waals surface area contributed by atoms with Crippen molar-refractivity contribution >= 4 is 23.1 Å². The smallest absolute Gasteiger partial charge is 0.292 e. The third-order valence-corrected chi connectivity index (χ3v) is 4.49. The maximum Gasteiger partial charge on any atom is 0.292 e. The number of rotatable bonds is 5. The van der Waals surface area contributed by atoms with Crippen LogP contribution in [0, 0.1) is 24.0 Å².